The number of pyridine rings is 1. The van der Waals surface area contributed by atoms with Crippen LogP contribution >= 0.6 is 0 Å². The Balaban J connectivity index is 2.56. The van der Waals surface area contributed by atoms with Gasteiger partial charge in [-0.15, -0.1) is 0 Å². The molecule has 2 rings (SSSR count). The Kier molecular flexibility index (Phi) is 2.42. The molecule has 0 radical (unpaired) electrons. The molecule has 2 N–H and O–H groups in total. The highest BCUT2D eigenvalue weighted by Gasteiger charge is 2.31. The molecule has 0 spiro atoms. The Hall–Kier alpha value is -1.10. The molecule has 0 aliphatic heterocycles. The van der Waals surface area contributed by atoms with Crippen molar-refractivity contribution >= 4 is 15.5 Å². The van der Waals surface area contributed by atoms with Gasteiger partial charge in [-0.1, -0.05) is 6.92 Å². The van der Waals surface area contributed by atoms with Crippen molar-refractivity contribution in [2.24, 2.45) is 0 Å². The average Bonchev–Trinajstić information content (AvgIpc) is 3.01. The largest absolute Gasteiger partial charge is 0.397 e. The minimum atomic E-state index is -3.20. The van der Waals surface area contributed by atoms with Crippen molar-refractivity contribution in [3.8, 4) is 0 Å². The molecule has 0 unspecified atom stereocenters. The predicted octanol–water partition coefficient (Wildman–Crippen LogP) is 1.33. The van der Waals surface area contributed by atoms with Gasteiger partial charge in [-0.25, -0.2) is 8.42 Å². The second kappa shape index (κ2) is 3.48. The number of nitrogens with two attached hydrogens (primary N) is 1. The molecule has 4 nitrogen and oxygen atoms in total. The van der Waals surface area contributed by atoms with Gasteiger partial charge in [0.05, 0.1) is 28.2 Å². The molecule has 0 amide bonds. The van der Waals surface area contributed by atoms with E-state index in [0.717, 1.165) is 12.8 Å². The maximum atomic E-state index is 11.8. The monoisotopic (exact) mass is 226 g/mol. The van der Waals surface area contributed by atoms with Gasteiger partial charge in [-0.3, -0.25) is 4.98 Å². The summed E-state index contributed by atoms with van der Waals surface area (Å²) in [5, 5.41) is 0. The smallest absolute Gasteiger partial charge is 0.179 e. The third kappa shape index (κ3) is 1.97. The van der Waals surface area contributed by atoms with Gasteiger partial charge in [0.1, 0.15) is 0 Å². The van der Waals surface area contributed by atoms with Gasteiger partial charge < -0.3 is 5.73 Å². The number of rotatable bonds is 3. The van der Waals surface area contributed by atoms with Crippen molar-refractivity contribution in [3.05, 3.63) is 18.0 Å². The lowest BCUT2D eigenvalue weighted by Crippen LogP contribution is -2.09. The predicted molar refractivity (Wildman–Crippen MR) is 58.4 cm³/mol. The van der Waals surface area contributed by atoms with Gasteiger partial charge in [0.25, 0.3) is 0 Å². The number of nitrogen functional groups attached to an aromatic ring is 1. The van der Waals surface area contributed by atoms with Crippen LogP contribution in [0, 0.1) is 0 Å². The van der Waals surface area contributed by atoms with E-state index in [1.54, 1.807) is 6.92 Å². The van der Waals surface area contributed by atoms with E-state index in [0.29, 0.717) is 22.2 Å². The molecular formula is C10H14N2O2S. The summed E-state index contributed by atoms with van der Waals surface area (Å²) in [6, 6.07) is 1.53. The van der Waals surface area contributed by atoms with Gasteiger partial charge in [0, 0.05) is 5.92 Å². The molecule has 1 aliphatic carbocycles. The minimum absolute atomic E-state index is 0.0951. The van der Waals surface area contributed by atoms with E-state index in [-0.39, 0.29) is 5.75 Å². The molecule has 0 atom stereocenters. The van der Waals surface area contributed by atoms with E-state index in [9.17, 15) is 8.42 Å². The third-order valence-corrected chi connectivity index (χ3v) is 4.34. The van der Waals surface area contributed by atoms with Crippen LogP contribution in [0.1, 0.15) is 31.4 Å². The SMILES string of the molecule is CCS(=O)(=O)c1cc(N)cnc1C1CC1. The number of hydrogen-bond acceptors (Lipinski definition) is 4. The normalized spacial score (nSPS) is 16.6. The molecule has 0 bridgehead atoms. The lowest BCUT2D eigenvalue weighted by molar-refractivity contribution is 0.595. The third-order valence-electron chi connectivity index (χ3n) is 2.58. The fourth-order valence-corrected chi connectivity index (χ4v) is 2.70. The molecular weight excluding hydrogens is 212 g/mol. The highest BCUT2D eigenvalue weighted by molar-refractivity contribution is 7.91. The zero-order chi connectivity index (χ0) is 11.1. The lowest BCUT2D eigenvalue weighted by Gasteiger charge is -2.08. The molecule has 1 heterocycles. The van der Waals surface area contributed by atoms with Crippen LogP contribution in [0.3, 0.4) is 0 Å². The molecule has 1 aromatic rings. The molecule has 0 saturated heterocycles. The Morgan fingerprint density at radius 3 is 2.73 bits per heavy atom. The fraction of sp³-hybridized carbons (Fsp3) is 0.500. The van der Waals surface area contributed by atoms with E-state index in [1.165, 1.54) is 12.3 Å². The first-order valence-corrected chi connectivity index (χ1v) is 6.68. The number of sulfone groups is 1. The molecule has 82 valence electrons. The number of nitrogens with zero attached hydrogens (tertiary/aromatic N) is 1. The van der Waals surface area contributed by atoms with Gasteiger partial charge >= 0.3 is 0 Å². The number of aromatic nitrogens is 1. The van der Waals surface area contributed by atoms with E-state index in [1.807, 2.05) is 0 Å². The first kappa shape index (κ1) is 10.4. The average molecular weight is 226 g/mol. The summed E-state index contributed by atoms with van der Waals surface area (Å²) in [7, 11) is -3.20. The first-order valence-electron chi connectivity index (χ1n) is 5.02. The standard InChI is InChI=1S/C10H14N2O2S/c1-2-15(13,14)9-5-8(11)6-12-10(9)7-3-4-7/h5-7H,2-4,11H2,1H3. The van der Waals surface area contributed by atoms with Crippen molar-refractivity contribution in [2.75, 3.05) is 11.5 Å². The Labute approximate surface area is 89.4 Å². The maximum absolute atomic E-state index is 11.8. The molecule has 0 aromatic carbocycles. The Morgan fingerprint density at radius 2 is 2.20 bits per heavy atom. The van der Waals surface area contributed by atoms with Gasteiger partial charge in [-0.2, -0.15) is 0 Å². The zero-order valence-corrected chi connectivity index (χ0v) is 9.42. The maximum Gasteiger partial charge on any atom is 0.179 e. The van der Waals surface area contributed by atoms with E-state index < -0.39 is 9.84 Å². The van der Waals surface area contributed by atoms with Gasteiger partial charge in [-0.05, 0) is 18.9 Å². The van der Waals surface area contributed by atoms with Crippen LogP contribution in [-0.4, -0.2) is 19.2 Å². The Bertz CT molecular complexity index is 478. The van der Waals surface area contributed by atoms with Crippen molar-refractivity contribution in [1.82, 2.24) is 4.98 Å². The van der Waals surface area contributed by atoms with Crippen molar-refractivity contribution in [3.63, 3.8) is 0 Å². The van der Waals surface area contributed by atoms with Crippen LogP contribution in [-0.2, 0) is 9.84 Å². The van der Waals surface area contributed by atoms with Crippen molar-refractivity contribution in [1.29, 1.82) is 0 Å². The van der Waals surface area contributed by atoms with E-state index in [4.69, 9.17) is 5.73 Å². The summed E-state index contributed by atoms with van der Waals surface area (Å²) >= 11 is 0. The molecule has 1 saturated carbocycles. The van der Waals surface area contributed by atoms with E-state index in [2.05, 4.69) is 4.98 Å². The highest BCUT2D eigenvalue weighted by Crippen LogP contribution is 2.42. The summed E-state index contributed by atoms with van der Waals surface area (Å²) in [6.07, 6.45) is 3.59. The summed E-state index contributed by atoms with van der Waals surface area (Å²) in [6.45, 7) is 1.63. The zero-order valence-electron chi connectivity index (χ0n) is 8.60. The minimum Gasteiger partial charge on any atom is -0.397 e. The molecule has 5 heteroatoms. The fourth-order valence-electron chi connectivity index (χ4n) is 1.54. The highest BCUT2D eigenvalue weighted by atomic mass is 32.2. The number of anilines is 1. The first-order chi connectivity index (χ1) is 7.04. The summed E-state index contributed by atoms with van der Waals surface area (Å²) in [5.41, 5.74) is 6.68. The molecule has 15 heavy (non-hydrogen) atoms. The quantitative estimate of drug-likeness (QED) is 0.844. The lowest BCUT2D eigenvalue weighted by atomic mass is 10.2. The number of hydrogen-bond donors (Lipinski definition) is 1. The van der Waals surface area contributed by atoms with Crippen LogP contribution in [0.25, 0.3) is 0 Å². The van der Waals surface area contributed by atoms with Crippen LogP contribution < -0.4 is 5.73 Å². The van der Waals surface area contributed by atoms with Crippen LogP contribution in [0.5, 0.6) is 0 Å². The second-order valence-electron chi connectivity index (χ2n) is 3.83. The van der Waals surface area contributed by atoms with Crippen LogP contribution in [0.2, 0.25) is 0 Å². The van der Waals surface area contributed by atoms with Crippen LogP contribution in [0.15, 0.2) is 17.2 Å². The second-order valence-corrected chi connectivity index (χ2v) is 6.08. The van der Waals surface area contributed by atoms with Crippen molar-refractivity contribution in [2.45, 2.75) is 30.6 Å². The van der Waals surface area contributed by atoms with Crippen molar-refractivity contribution < 1.29 is 8.42 Å². The molecule has 1 aliphatic rings. The summed E-state index contributed by atoms with van der Waals surface area (Å²) in [4.78, 5) is 4.48. The summed E-state index contributed by atoms with van der Waals surface area (Å²) < 4.78 is 23.6. The van der Waals surface area contributed by atoms with Crippen LogP contribution in [0.4, 0.5) is 5.69 Å². The van der Waals surface area contributed by atoms with Gasteiger partial charge in [0.2, 0.25) is 0 Å². The van der Waals surface area contributed by atoms with E-state index >= 15 is 0 Å². The van der Waals surface area contributed by atoms with Gasteiger partial charge in [0.15, 0.2) is 9.84 Å². The topological polar surface area (TPSA) is 73.0 Å². The summed E-state index contributed by atoms with van der Waals surface area (Å²) in [5.74, 6) is 0.416. The molecule has 1 aromatic heterocycles. The molecule has 1 fully saturated rings. The Morgan fingerprint density at radius 1 is 1.53 bits per heavy atom.